The van der Waals surface area contributed by atoms with Crippen LogP contribution in [0.5, 0.6) is 5.75 Å². The van der Waals surface area contributed by atoms with Crippen LogP contribution < -0.4 is 0 Å². The molecule has 0 spiro atoms. The van der Waals surface area contributed by atoms with Gasteiger partial charge in [-0.25, -0.2) is 0 Å². The van der Waals surface area contributed by atoms with Gasteiger partial charge in [0, 0.05) is 11.6 Å². The number of fused-ring (bicyclic) bond motifs is 1. The number of nitriles is 1. The van der Waals surface area contributed by atoms with Crippen LogP contribution in [0.1, 0.15) is 5.56 Å². The standard InChI is InChI=1S/C16H10N2O/c17-10-12-9-11(6-7-16(12)19)13-3-1-5-15-14(13)4-2-8-18-15/h1-9,19H. The van der Waals surface area contributed by atoms with Crippen LogP contribution in [0.25, 0.3) is 22.0 Å². The fourth-order valence-corrected chi connectivity index (χ4v) is 2.15. The van der Waals surface area contributed by atoms with Gasteiger partial charge in [0.2, 0.25) is 0 Å². The third-order valence-electron chi connectivity index (χ3n) is 3.07. The Morgan fingerprint density at radius 3 is 2.79 bits per heavy atom. The molecule has 0 fully saturated rings. The maximum absolute atomic E-state index is 9.56. The van der Waals surface area contributed by atoms with Crippen LogP contribution in [0.15, 0.2) is 54.7 Å². The lowest BCUT2D eigenvalue weighted by molar-refractivity contribution is 0.473. The number of pyridine rings is 1. The first kappa shape index (κ1) is 11.2. The van der Waals surface area contributed by atoms with E-state index in [0.717, 1.165) is 22.0 Å². The van der Waals surface area contributed by atoms with Gasteiger partial charge in [-0.3, -0.25) is 4.98 Å². The van der Waals surface area contributed by atoms with Crippen LogP contribution in [-0.2, 0) is 0 Å². The third-order valence-corrected chi connectivity index (χ3v) is 3.07. The molecule has 0 aliphatic rings. The van der Waals surface area contributed by atoms with E-state index >= 15 is 0 Å². The van der Waals surface area contributed by atoms with E-state index in [1.165, 1.54) is 0 Å². The lowest BCUT2D eigenvalue weighted by atomic mass is 9.99. The molecule has 1 aromatic heterocycles. The molecule has 3 heteroatoms. The van der Waals surface area contributed by atoms with Gasteiger partial charge in [0.15, 0.2) is 0 Å². The van der Waals surface area contributed by atoms with Crippen molar-refractivity contribution in [3.8, 4) is 22.9 Å². The molecule has 1 N–H and O–H groups in total. The summed E-state index contributed by atoms with van der Waals surface area (Å²) < 4.78 is 0. The van der Waals surface area contributed by atoms with E-state index in [1.54, 1.807) is 24.4 Å². The average molecular weight is 246 g/mol. The van der Waals surface area contributed by atoms with Crippen molar-refractivity contribution in [2.45, 2.75) is 0 Å². The van der Waals surface area contributed by atoms with E-state index in [-0.39, 0.29) is 11.3 Å². The Bertz CT molecular complexity index is 798. The van der Waals surface area contributed by atoms with Crippen molar-refractivity contribution in [2.24, 2.45) is 0 Å². The lowest BCUT2D eigenvalue weighted by Gasteiger charge is -2.07. The summed E-state index contributed by atoms with van der Waals surface area (Å²) in [6, 6.07) is 16.8. The maximum atomic E-state index is 9.56. The average Bonchev–Trinajstić information content (AvgIpc) is 2.47. The van der Waals surface area contributed by atoms with Crippen LogP contribution >= 0.6 is 0 Å². The highest BCUT2D eigenvalue weighted by atomic mass is 16.3. The molecular weight excluding hydrogens is 236 g/mol. The first-order valence-corrected chi connectivity index (χ1v) is 5.87. The second-order valence-electron chi connectivity index (χ2n) is 4.22. The van der Waals surface area contributed by atoms with E-state index in [2.05, 4.69) is 4.98 Å². The van der Waals surface area contributed by atoms with E-state index in [9.17, 15) is 5.11 Å². The Labute approximate surface area is 110 Å². The zero-order chi connectivity index (χ0) is 13.2. The van der Waals surface area contributed by atoms with Crippen molar-refractivity contribution in [1.82, 2.24) is 4.98 Å². The molecule has 2 aromatic carbocycles. The number of phenolic OH excluding ortho intramolecular Hbond substituents is 1. The second-order valence-corrected chi connectivity index (χ2v) is 4.22. The number of rotatable bonds is 1. The van der Waals surface area contributed by atoms with E-state index in [4.69, 9.17) is 5.26 Å². The molecule has 3 aromatic rings. The van der Waals surface area contributed by atoms with E-state index in [0.29, 0.717) is 0 Å². The van der Waals surface area contributed by atoms with Gasteiger partial charge < -0.3 is 5.11 Å². The van der Waals surface area contributed by atoms with Crippen LogP contribution in [0, 0.1) is 11.3 Å². The molecule has 0 unspecified atom stereocenters. The van der Waals surface area contributed by atoms with Gasteiger partial charge >= 0.3 is 0 Å². The van der Waals surface area contributed by atoms with Gasteiger partial charge in [0.1, 0.15) is 11.8 Å². The normalized spacial score (nSPS) is 10.3. The summed E-state index contributed by atoms with van der Waals surface area (Å²) in [6.45, 7) is 0. The Kier molecular flexibility index (Phi) is 2.62. The van der Waals surface area contributed by atoms with Crippen molar-refractivity contribution in [3.63, 3.8) is 0 Å². The monoisotopic (exact) mass is 246 g/mol. The summed E-state index contributed by atoms with van der Waals surface area (Å²) >= 11 is 0. The van der Waals surface area contributed by atoms with Crippen LogP contribution in [-0.4, -0.2) is 10.1 Å². The topological polar surface area (TPSA) is 56.9 Å². The van der Waals surface area contributed by atoms with Crippen molar-refractivity contribution < 1.29 is 5.11 Å². The molecule has 0 saturated carbocycles. The number of phenols is 1. The number of benzene rings is 2. The Hall–Kier alpha value is -2.86. The first-order valence-electron chi connectivity index (χ1n) is 5.87. The number of aromatic nitrogens is 1. The lowest BCUT2D eigenvalue weighted by Crippen LogP contribution is -1.85. The minimum absolute atomic E-state index is 0.00427. The van der Waals surface area contributed by atoms with Gasteiger partial charge in [-0.15, -0.1) is 0 Å². The van der Waals surface area contributed by atoms with Gasteiger partial charge in [-0.05, 0) is 35.4 Å². The summed E-state index contributed by atoms with van der Waals surface area (Å²) in [4.78, 5) is 4.31. The molecule has 3 nitrogen and oxygen atoms in total. The zero-order valence-corrected chi connectivity index (χ0v) is 10.0. The zero-order valence-electron chi connectivity index (χ0n) is 10.0. The minimum Gasteiger partial charge on any atom is -0.507 e. The molecule has 1 heterocycles. The molecule has 0 aliphatic carbocycles. The Morgan fingerprint density at radius 2 is 1.95 bits per heavy atom. The van der Waals surface area contributed by atoms with Crippen molar-refractivity contribution in [1.29, 1.82) is 5.26 Å². The van der Waals surface area contributed by atoms with Crippen LogP contribution in [0.4, 0.5) is 0 Å². The molecule has 0 radical (unpaired) electrons. The summed E-state index contributed by atoms with van der Waals surface area (Å²) in [7, 11) is 0. The number of nitrogens with zero attached hydrogens (tertiary/aromatic N) is 2. The molecular formula is C16H10N2O. The quantitative estimate of drug-likeness (QED) is 0.715. The van der Waals surface area contributed by atoms with Gasteiger partial charge in [-0.1, -0.05) is 24.3 Å². The van der Waals surface area contributed by atoms with Crippen LogP contribution in [0.3, 0.4) is 0 Å². The SMILES string of the molecule is N#Cc1cc(-c2cccc3ncccc23)ccc1O. The molecule has 90 valence electrons. The fourth-order valence-electron chi connectivity index (χ4n) is 2.15. The molecule has 19 heavy (non-hydrogen) atoms. The number of hydrogen-bond donors (Lipinski definition) is 1. The summed E-state index contributed by atoms with van der Waals surface area (Å²) in [5, 5.41) is 19.6. The van der Waals surface area contributed by atoms with Gasteiger partial charge in [-0.2, -0.15) is 5.26 Å². The third kappa shape index (κ3) is 1.90. The molecule has 3 rings (SSSR count). The summed E-state index contributed by atoms with van der Waals surface area (Å²) in [6.07, 6.45) is 1.75. The molecule has 0 atom stereocenters. The molecule has 0 saturated heterocycles. The van der Waals surface area contributed by atoms with Crippen molar-refractivity contribution in [3.05, 3.63) is 60.3 Å². The van der Waals surface area contributed by atoms with E-state index < -0.39 is 0 Å². The first-order chi connectivity index (χ1) is 9.29. The number of hydrogen-bond acceptors (Lipinski definition) is 3. The van der Waals surface area contributed by atoms with E-state index in [1.807, 2.05) is 36.4 Å². The second kappa shape index (κ2) is 4.43. The molecule has 0 aliphatic heterocycles. The Morgan fingerprint density at radius 1 is 1.05 bits per heavy atom. The summed E-state index contributed by atoms with van der Waals surface area (Å²) in [5.41, 5.74) is 3.08. The Balaban J connectivity index is 2.28. The smallest absolute Gasteiger partial charge is 0.133 e. The minimum atomic E-state index is 0.00427. The predicted molar refractivity (Wildman–Crippen MR) is 73.6 cm³/mol. The van der Waals surface area contributed by atoms with Crippen molar-refractivity contribution in [2.75, 3.05) is 0 Å². The van der Waals surface area contributed by atoms with Crippen LogP contribution in [0.2, 0.25) is 0 Å². The highest BCUT2D eigenvalue weighted by Gasteiger charge is 2.07. The largest absolute Gasteiger partial charge is 0.507 e. The predicted octanol–water partition coefficient (Wildman–Crippen LogP) is 3.48. The number of aromatic hydroxyl groups is 1. The molecule has 0 bridgehead atoms. The highest BCUT2D eigenvalue weighted by Crippen LogP contribution is 2.30. The van der Waals surface area contributed by atoms with Gasteiger partial charge in [0.25, 0.3) is 0 Å². The van der Waals surface area contributed by atoms with Gasteiger partial charge in [0.05, 0.1) is 11.1 Å². The fraction of sp³-hybridized carbons (Fsp3) is 0. The maximum Gasteiger partial charge on any atom is 0.133 e. The summed E-state index contributed by atoms with van der Waals surface area (Å²) in [5.74, 6) is 0.00427. The van der Waals surface area contributed by atoms with Crippen molar-refractivity contribution >= 4 is 10.9 Å². The molecule has 0 amide bonds. The highest BCUT2D eigenvalue weighted by molar-refractivity contribution is 5.94.